The summed E-state index contributed by atoms with van der Waals surface area (Å²) < 4.78 is 5.85. The number of carbonyl (C=O) groups excluding carboxylic acids is 3. The monoisotopic (exact) mass is 521 g/mol. The second-order valence-corrected chi connectivity index (χ2v) is 10.3. The van der Waals surface area contributed by atoms with Gasteiger partial charge in [0.05, 0.1) is 23.7 Å². The zero-order chi connectivity index (χ0) is 27.0. The molecule has 7 nitrogen and oxygen atoms in total. The van der Waals surface area contributed by atoms with Crippen molar-refractivity contribution in [1.82, 2.24) is 10.6 Å². The Morgan fingerprint density at radius 1 is 1.00 bits per heavy atom. The van der Waals surface area contributed by atoms with Gasteiger partial charge in [-0.1, -0.05) is 55.0 Å². The molecule has 196 valence electrons. The maximum atomic E-state index is 13.9. The second-order valence-electron chi connectivity index (χ2n) is 9.36. The first-order valence-electron chi connectivity index (χ1n) is 12.4. The fraction of sp³-hybridized carbons (Fsp3) is 0.345. The van der Waals surface area contributed by atoms with Gasteiger partial charge in [-0.3, -0.25) is 19.3 Å². The van der Waals surface area contributed by atoms with Crippen molar-refractivity contribution in [2.24, 2.45) is 0 Å². The van der Waals surface area contributed by atoms with E-state index in [2.05, 4.69) is 10.6 Å². The molecule has 2 aromatic carbocycles. The average molecular weight is 522 g/mol. The number of hydrogen-bond acceptors (Lipinski definition) is 5. The first kappa shape index (κ1) is 27.9. The molecule has 0 aliphatic rings. The van der Waals surface area contributed by atoms with E-state index in [0.29, 0.717) is 34.9 Å². The van der Waals surface area contributed by atoms with Crippen molar-refractivity contribution >= 4 is 34.7 Å². The van der Waals surface area contributed by atoms with Gasteiger partial charge in [0, 0.05) is 5.54 Å². The number of aryl methyl sites for hydroxylation is 1. The maximum Gasteiger partial charge on any atom is 0.261 e. The molecule has 0 fully saturated rings. The van der Waals surface area contributed by atoms with Crippen molar-refractivity contribution in [3.63, 3.8) is 0 Å². The van der Waals surface area contributed by atoms with Gasteiger partial charge < -0.3 is 15.4 Å². The van der Waals surface area contributed by atoms with Gasteiger partial charge in [0.25, 0.3) is 5.91 Å². The van der Waals surface area contributed by atoms with E-state index in [4.69, 9.17) is 4.74 Å². The molecule has 1 heterocycles. The number of ether oxygens (including phenoxy) is 1. The summed E-state index contributed by atoms with van der Waals surface area (Å²) in [5.41, 5.74) is 1.66. The largest absolute Gasteiger partial charge is 0.492 e. The molecule has 3 amide bonds. The highest BCUT2D eigenvalue weighted by Gasteiger charge is 2.36. The van der Waals surface area contributed by atoms with Crippen LogP contribution in [0, 0.1) is 6.92 Å². The lowest BCUT2D eigenvalue weighted by atomic mass is 9.97. The van der Waals surface area contributed by atoms with Crippen molar-refractivity contribution in [3.05, 3.63) is 82.0 Å². The van der Waals surface area contributed by atoms with Gasteiger partial charge in [-0.25, -0.2) is 0 Å². The number of hydrogen-bond donors (Lipinski definition) is 2. The molecule has 0 radical (unpaired) electrons. The van der Waals surface area contributed by atoms with Gasteiger partial charge in [0.2, 0.25) is 11.8 Å². The molecule has 3 aromatic rings. The van der Waals surface area contributed by atoms with Gasteiger partial charge in [0.1, 0.15) is 11.8 Å². The fourth-order valence-corrected chi connectivity index (χ4v) is 4.38. The molecule has 0 aliphatic heterocycles. The fourth-order valence-electron chi connectivity index (χ4n) is 3.74. The van der Waals surface area contributed by atoms with Crippen molar-refractivity contribution in [3.8, 4) is 5.75 Å². The summed E-state index contributed by atoms with van der Waals surface area (Å²) in [5.74, 6) is -0.625. The maximum absolute atomic E-state index is 13.9. The molecule has 8 heteroatoms. The summed E-state index contributed by atoms with van der Waals surface area (Å²) in [4.78, 5) is 42.3. The van der Waals surface area contributed by atoms with E-state index in [0.717, 1.165) is 5.56 Å². The molecule has 0 spiro atoms. The molecule has 0 bridgehead atoms. The Morgan fingerprint density at radius 3 is 2.32 bits per heavy atom. The molecule has 0 saturated heterocycles. The van der Waals surface area contributed by atoms with Gasteiger partial charge in [-0.15, -0.1) is 11.3 Å². The minimum absolute atomic E-state index is 0.288. The van der Waals surface area contributed by atoms with Crippen LogP contribution in [0.4, 0.5) is 5.69 Å². The third-order valence-electron chi connectivity index (χ3n) is 6.08. The number of benzene rings is 2. The zero-order valence-corrected chi connectivity index (χ0v) is 22.9. The minimum Gasteiger partial charge on any atom is -0.492 e. The topological polar surface area (TPSA) is 87.7 Å². The third kappa shape index (κ3) is 7.20. The van der Waals surface area contributed by atoms with Crippen molar-refractivity contribution in [1.29, 1.82) is 0 Å². The van der Waals surface area contributed by atoms with E-state index in [1.165, 1.54) is 16.2 Å². The SMILES string of the molecule is CCOc1ccccc1N(C(=O)CNC(=O)c1cccs1)[C@H](C(=O)NC(C)(C)CC)c1ccc(C)cc1. The molecule has 1 atom stereocenters. The van der Waals surface area contributed by atoms with Gasteiger partial charge in [0.15, 0.2) is 0 Å². The summed E-state index contributed by atoms with van der Waals surface area (Å²) in [5, 5.41) is 7.61. The van der Waals surface area contributed by atoms with E-state index in [1.807, 2.05) is 65.0 Å². The van der Waals surface area contributed by atoms with Crippen LogP contribution in [0.5, 0.6) is 5.75 Å². The Kier molecular flexibility index (Phi) is 9.47. The van der Waals surface area contributed by atoms with Crippen LogP contribution in [-0.2, 0) is 9.59 Å². The normalized spacial score (nSPS) is 11.9. The standard InChI is InChI=1S/C29H35N3O4S/c1-6-29(4,5)31-28(35)26(21-16-14-20(3)15-17-21)32(22-11-8-9-12-23(22)36-7-2)25(33)19-30-27(34)24-13-10-18-37-24/h8-18,26H,6-7,19H2,1-5H3,(H,30,34)(H,31,35)/t26-/m0/s1. The van der Waals surface area contributed by atoms with E-state index in [1.54, 1.807) is 35.7 Å². The summed E-state index contributed by atoms with van der Waals surface area (Å²) in [6.07, 6.45) is 0.708. The van der Waals surface area contributed by atoms with Gasteiger partial charge in [-0.05, 0) is 63.3 Å². The Balaban J connectivity index is 2.09. The lowest BCUT2D eigenvalue weighted by molar-refractivity contribution is -0.127. The van der Waals surface area contributed by atoms with Crippen LogP contribution in [0.1, 0.15) is 61.0 Å². The molecule has 0 aliphatic carbocycles. The van der Waals surface area contributed by atoms with Crippen LogP contribution in [0.2, 0.25) is 0 Å². The summed E-state index contributed by atoms with van der Waals surface area (Å²) >= 11 is 1.29. The lowest BCUT2D eigenvalue weighted by Crippen LogP contribution is -2.52. The predicted octanol–water partition coefficient (Wildman–Crippen LogP) is 5.26. The highest BCUT2D eigenvalue weighted by atomic mass is 32.1. The number of rotatable bonds is 11. The lowest BCUT2D eigenvalue weighted by Gasteiger charge is -2.35. The van der Waals surface area contributed by atoms with Crippen LogP contribution in [0.15, 0.2) is 66.0 Å². The number of nitrogens with one attached hydrogen (secondary N) is 2. The Labute approximate surface area is 222 Å². The highest BCUT2D eigenvalue weighted by Crippen LogP contribution is 2.35. The molecular weight excluding hydrogens is 486 g/mol. The van der Waals surface area contributed by atoms with Gasteiger partial charge in [-0.2, -0.15) is 0 Å². The smallest absolute Gasteiger partial charge is 0.261 e. The Hall–Kier alpha value is -3.65. The zero-order valence-electron chi connectivity index (χ0n) is 22.0. The van der Waals surface area contributed by atoms with Crippen molar-refractivity contribution < 1.29 is 19.1 Å². The molecule has 37 heavy (non-hydrogen) atoms. The number of thiophene rings is 1. The molecule has 0 unspecified atom stereocenters. The number of para-hydroxylation sites is 2. The number of carbonyl (C=O) groups is 3. The van der Waals surface area contributed by atoms with Crippen LogP contribution in [-0.4, -0.2) is 36.4 Å². The number of anilines is 1. The van der Waals surface area contributed by atoms with E-state index in [-0.39, 0.29) is 18.4 Å². The van der Waals surface area contributed by atoms with Gasteiger partial charge >= 0.3 is 0 Å². The summed E-state index contributed by atoms with van der Waals surface area (Å²) in [7, 11) is 0. The molecule has 0 saturated carbocycles. The molecular formula is C29H35N3O4S. The minimum atomic E-state index is -0.987. The Bertz CT molecular complexity index is 1210. The van der Waals surface area contributed by atoms with Crippen LogP contribution < -0.4 is 20.3 Å². The molecule has 1 aromatic heterocycles. The molecule has 2 N–H and O–H groups in total. The van der Waals surface area contributed by atoms with E-state index in [9.17, 15) is 14.4 Å². The average Bonchev–Trinajstić information content (AvgIpc) is 3.42. The molecule has 3 rings (SSSR count). The quantitative estimate of drug-likeness (QED) is 0.360. The van der Waals surface area contributed by atoms with E-state index >= 15 is 0 Å². The van der Waals surface area contributed by atoms with E-state index < -0.39 is 17.5 Å². The van der Waals surface area contributed by atoms with Crippen LogP contribution in [0.25, 0.3) is 0 Å². The van der Waals surface area contributed by atoms with Crippen LogP contribution >= 0.6 is 11.3 Å². The number of amides is 3. The predicted molar refractivity (Wildman–Crippen MR) is 148 cm³/mol. The van der Waals surface area contributed by atoms with Crippen molar-refractivity contribution in [2.75, 3.05) is 18.1 Å². The highest BCUT2D eigenvalue weighted by molar-refractivity contribution is 7.12. The first-order chi connectivity index (χ1) is 17.7. The van der Waals surface area contributed by atoms with Crippen LogP contribution in [0.3, 0.4) is 0 Å². The first-order valence-corrected chi connectivity index (χ1v) is 13.3. The van der Waals surface area contributed by atoms with Crippen molar-refractivity contribution in [2.45, 2.75) is 52.6 Å². The second kappa shape index (κ2) is 12.5. The Morgan fingerprint density at radius 2 is 1.70 bits per heavy atom. The third-order valence-corrected chi connectivity index (χ3v) is 6.95. The number of nitrogens with zero attached hydrogens (tertiary/aromatic N) is 1. The summed E-state index contributed by atoms with van der Waals surface area (Å²) in [6.45, 7) is 9.80. The summed E-state index contributed by atoms with van der Waals surface area (Å²) in [6, 6.07) is 17.2.